The molecule has 0 saturated heterocycles. The molecule has 106 valence electrons. The number of benzene rings is 2. The second-order valence-corrected chi connectivity index (χ2v) is 4.86. The van der Waals surface area contributed by atoms with Crippen molar-refractivity contribution in [3.63, 3.8) is 0 Å². The van der Waals surface area contributed by atoms with E-state index in [0.717, 1.165) is 12.8 Å². The van der Waals surface area contributed by atoms with E-state index in [1.165, 1.54) is 17.7 Å². The van der Waals surface area contributed by atoms with E-state index in [2.05, 4.69) is 6.92 Å². The second-order valence-electron chi connectivity index (χ2n) is 4.86. The highest BCUT2D eigenvalue weighted by molar-refractivity contribution is 5.36. The predicted octanol–water partition coefficient (Wildman–Crippen LogP) is 4.62. The largest absolute Gasteiger partial charge is 0.454 e. The van der Waals surface area contributed by atoms with Crippen LogP contribution in [-0.2, 0) is 6.42 Å². The zero-order valence-corrected chi connectivity index (χ0v) is 11.8. The first-order valence-corrected chi connectivity index (χ1v) is 6.84. The maximum atomic E-state index is 13.9. The molecule has 1 atom stereocenters. The van der Waals surface area contributed by atoms with Crippen molar-refractivity contribution in [1.29, 1.82) is 0 Å². The fourth-order valence-electron chi connectivity index (χ4n) is 2.00. The van der Waals surface area contributed by atoms with Gasteiger partial charge in [-0.05, 0) is 48.7 Å². The molecule has 2 rings (SSSR count). The fourth-order valence-corrected chi connectivity index (χ4v) is 2.00. The van der Waals surface area contributed by atoms with Crippen LogP contribution in [0.5, 0.6) is 11.5 Å². The molecule has 0 aliphatic heterocycles. The summed E-state index contributed by atoms with van der Waals surface area (Å²) in [6, 6.07) is 12.2. The quantitative estimate of drug-likeness (QED) is 0.861. The molecule has 0 bridgehead atoms. The maximum absolute atomic E-state index is 13.9. The van der Waals surface area contributed by atoms with Crippen LogP contribution < -0.4 is 4.74 Å². The Morgan fingerprint density at radius 2 is 1.85 bits per heavy atom. The average Bonchev–Trinajstić information content (AvgIpc) is 2.43. The van der Waals surface area contributed by atoms with Crippen LogP contribution in [0.3, 0.4) is 0 Å². The third-order valence-electron chi connectivity index (χ3n) is 3.13. The summed E-state index contributed by atoms with van der Waals surface area (Å²) in [5, 5.41) is 9.40. The van der Waals surface area contributed by atoms with Gasteiger partial charge in [-0.1, -0.05) is 31.5 Å². The Balaban J connectivity index is 2.13. The molecule has 0 spiro atoms. The molecular formula is C17H19FO2. The molecule has 0 radical (unpaired) electrons. The van der Waals surface area contributed by atoms with E-state index in [1.807, 2.05) is 24.3 Å². The lowest BCUT2D eigenvalue weighted by Gasteiger charge is -2.10. The minimum Gasteiger partial charge on any atom is -0.454 e. The molecule has 0 aliphatic carbocycles. The third-order valence-corrected chi connectivity index (χ3v) is 3.13. The van der Waals surface area contributed by atoms with Gasteiger partial charge in [-0.15, -0.1) is 0 Å². The summed E-state index contributed by atoms with van der Waals surface area (Å²) in [6.45, 7) is 3.73. The zero-order chi connectivity index (χ0) is 14.5. The van der Waals surface area contributed by atoms with Crippen LogP contribution in [0.15, 0.2) is 42.5 Å². The molecule has 2 aromatic rings. The minimum atomic E-state index is -0.688. The van der Waals surface area contributed by atoms with E-state index in [9.17, 15) is 9.50 Å². The van der Waals surface area contributed by atoms with Crippen molar-refractivity contribution >= 4 is 0 Å². The van der Waals surface area contributed by atoms with E-state index in [4.69, 9.17) is 4.74 Å². The van der Waals surface area contributed by atoms with Gasteiger partial charge >= 0.3 is 0 Å². The zero-order valence-electron chi connectivity index (χ0n) is 11.8. The number of aliphatic hydroxyl groups is 1. The molecule has 0 aliphatic rings. The molecule has 1 N–H and O–H groups in total. The van der Waals surface area contributed by atoms with Gasteiger partial charge in [0.25, 0.3) is 0 Å². The van der Waals surface area contributed by atoms with Gasteiger partial charge in [-0.25, -0.2) is 4.39 Å². The van der Waals surface area contributed by atoms with Crippen LogP contribution in [-0.4, -0.2) is 5.11 Å². The number of hydrogen-bond acceptors (Lipinski definition) is 2. The molecule has 0 heterocycles. The Morgan fingerprint density at radius 3 is 2.40 bits per heavy atom. The number of rotatable bonds is 5. The summed E-state index contributed by atoms with van der Waals surface area (Å²) in [5.74, 6) is 0.298. The molecule has 20 heavy (non-hydrogen) atoms. The third kappa shape index (κ3) is 3.58. The highest BCUT2D eigenvalue weighted by atomic mass is 19.1. The lowest BCUT2D eigenvalue weighted by atomic mass is 10.1. The first-order chi connectivity index (χ1) is 9.60. The number of ether oxygens (including phenoxy) is 1. The average molecular weight is 274 g/mol. The second kappa shape index (κ2) is 6.53. The molecule has 0 aromatic heterocycles. The first-order valence-electron chi connectivity index (χ1n) is 6.84. The normalized spacial score (nSPS) is 12.2. The molecule has 0 amide bonds. The molecule has 3 heteroatoms. The smallest absolute Gasteiger partial charge is 0.166 e. The van der Waals surface area contributed by atoms with Gasteiger partial charge < -0.3 is 9.84 Å². The summed E-state index contributed by atoms with van der Waals surface area (Å²) in [5.41, 5.74) is 1.78. The lowest BCUT2D eigenvalue weighted by Crippen LogP contribution is -1.94. The van der Waals surface area contributed by atoms with E-state index in [0.29, 0.717) is 11.3 Å². The van der Waals surface area contributed by atoms with E-state index in [-0.39, 0.29) is 5.75 Å². The topological polar surface area (TPSA) is 29.5 Å². The van der Waals surface area contributed by atoms with Crippen molar-refractivity contribution in [2.24, 2.45) is 0 Å². The predicted molar refractivity (Wildman–Crippen MR) is 77.5 cm³/mol. The molecule has 0 saturated carbocycles. The van der Waals surface area contributed by atoms with Gasteiger partial charge in [0.1, 0.15) is 5.75 Å². The van der Waals surface area contributed by atoms with Crippen LogP contribution >= 0.6 is 0 Å². The van der Waals surface area contributed by atoms with Crippen molar-refractivity contribution in [2.75, 3.05) is 0 Å². The van der Waals surface area contributed by atoms with Crippen LogP contribution in [0.1, 0.15) is 37.5 Å². The summed E-state index contributed by atoms with van der Waals surface area (Å²) in [6.07, 6.45) is 1.43. The van der Waals surface area contributed by atoms with E-state index >= 15 is 0 Å². The summed E-state index contributed by atoms with van der Waals surface area (Å²) in [4.78, 5) is 0. The highest BCUT2D eigenvalue weighted by Crippen LogP contribution is 2.27. The van der Waals surface area contributed by atoms with Gasteiger partial charge in [-0.2, -0.15) is 0 Å². The van der Waals surface area contributed by atoms with Crippen molar-refractivity contribution in [1.82, 2.24) is 0 Å². The molecular weight excluding hydrogens is 255 g/mol. The summed E-state index contributed by atoms with van der Waals surface area (Å²) < 4.78 is 19.4. The number of aliphatic hydroxyl groups excluding tert-OH is 1. The van der Waals surface area contributed by atoms with Gasteiger partial charge in [0.05, 0.1) is 6.10 Å². The number of halogens is 1. The Morgan fingerprint density at radius 1 is 1.15 bits per heavy atom. The van der Waals surface area contributed by atoms with Gasteiger partial charge in [0.15, 0.2) is 11.6 Å². The summed E-state index contributed by atoms with van der Waals surface area (Å²) >= 11 is 0. The van der Waals surface area contributed by atoms with Crippen molar-refractivity contribution in [3.8, 4) is 11.5 Å². The number of aryl methyl sites for hydroxylation is 1. The van der Waals surface area contributed by atoms with E-state index in [1.54, 1.807) is 13.0 Å². The van der Waals surface area contributed by atoms with Crippen LogP contribution in [0.25, 0.3) is 0 Å². The SMILES string of the molecule is CCCc1ccc(Oc2ccc([C@@H](C)O)cc2F)cc1. The molecule has 0 unspecified atom stereocenters. The van der Waals surface area contributed by atoms with Crippen molar-refractivity contribution < 1.29 is 14.2 Å². The van der Waals surface area contributed by atoms with Crippen LogP contribution in [0.2, 0.25) is 0 Å². The first kappa shape index (κ1) is 14.5. The minimum absolute atomic E-state index is 0.164. The van der Waals surface area contributed by atoms with Gasteiger partial charge in [-0.3, -0.25) is 0 Å². The van der Waals surface area contributed by atoms with Crippen molar-refractivity contribution in [3.05, 3.63) is 59.4 Å². The van der Waals surface area contributed by atoms with Crippen molar-refractivity contribution in [2.45, 2.75) is 32.8 Å². The Hall–Kier alpha value is -1.87. The molecule has 2 aromatic carbocycles. The monoisotopic (exact) mass is 274 g/mol. The van der Waals surface area contributed by atoms with Gasteiger partial charge in [0.2, 0.25) is 0 Å². The standard InChI is InChI=1S/C17H19FO2/c1-3-4-13-5-8-15(9-6-13)20-17-10-7-14(12(2)19)11-16(17)18/h5-12,19H,3-4H2,1-2H3/t12-/m1/s1. The fraction of sp³-hybridized carbons (Fsp3) is 0.294. The summed E-state index contributed by atoms with van der Waals surface area (Å²) in [7, 11) is 0. The maximum Gasteiger partial charge on any atom is 0.166 e. The lowest BCUT2D eigenvalue weighted by molar-refractivity contribution is 0.198. The highest BCUT2D eigenvalue weighted by Gasteiger charge is 2.08. The Bertz CT molecular complexity index is 562. The molecule has 0 fully saturated rings. The Kier molecular flexibility index (Phi) is 4.74. The number of hydrogen-bond donors (Lipinski definition) is 1. The van der Waals surface area contributed by atoms with E-state index < -0.39 is 11.9 Å². The van der Waals surface area contributed by atoms with Gasteiger partial charge in [0, 0.05) is 0 Å². The molecule has 2 nitrogen and oxygen atoms in total. The Labute approximate surface area is 118 Å². The van der Waals surface area contributed by atoms with Crippen LogP contribution in [0, 0.1) is 5.82 Å². The van der Waals surface area contributed by atoms with Crippen LogP contribution in [0.4, 0.5) is 4.39 Å².